The van der Waals surface area contributed by atoms with Crippen LogP contribution in [0.15, 0.2) is 0 Å². The van der Waals surface area contributed by atoms with Crippen molar-refractivity contribution in [2.75, 3.05) is 0 Å². The summed E-state index contributed by atoms with van der Waals surface area (Å²) in [6.07, 6.45) is 0. The smallest absolute Gasteiger partial charge is 1.00 e. The quantitative estimate of drug-likeness (QED) is 0.321. The first-order valence-corrected chi connectivity index (χ1v) is 1.13. The van der Waals surface area contributed by atoms with E-state index in [1.165, 1.54) is 16.7 Å². The zero-order valence-corrected chi connectivity index (χ0v) is 11.5. The molecule has 6 heavy (non-hydrogen) atoms. The maximum Gasteiger partial charge on any atom is 1.00 e. The van der Waals surface area contributed by atoms with Crippen molar-refractivity contribution in [2.45, 2.75) is 0 Å². The van der Waals surface area contributed by atoms with Gasteiger partial charge in [0.1, 0.15) is 0 Å². The van der Waals surface area contributed by atoms with Gasteiger partial charge in [-0.3, -0.25) is 0 Å². The summed E-state index contributed by atoms with van der Waals surface area (Å²) in [6.45, 7) is 0. The molecule has 0 aromatic heterocycles. The fourth-order valence-corrected chi connectivity index (χ4v) is 0. The van der Waals surface area contributed by atoms with Crippen molar-refractivity contribution in [3.63, 3.8) is 0 Å². The molecular formula is Cl3KLiNa. The van der Waals surface area contributed by atoms with Crippen molar-refractivity contribution in [2.24, 2.45) is 0 Å². The predicted molar refractivity (Wildman–Crippen MR) is 11.6 cm³/mol. The molecule has 0 spiro atoms. The molecule has 0 bridgehead atoms. The topological polar surface area (TPSA) is 0 Å². The molecule has 24 valence electrons. The van der Waals surface area contributed by atoms with Gasteiger partial charge in [0.05, 0.1) is 0 Å². The Balaban J connectivity index is -0.000000000833. The van der Waals surface area contributed by atoms with Crippen LogP contribution in [0.4, 0.5) is 0 Å². The summed E-state index contributed by atoms with van der Waals surface area (Å²) in [4.78, 5) is 0. The Bertz CT molecular complexity index is 10.8. The van der Waals surface area contributed by atoms with E-state index in [0.717, 1.165) is 0 Å². The second-order valence-corrected chi connectivity index (χ2v) is 0. The molecule has 0 saturated heterocycles. The molecule has 0 radical (unpaired) electrons. The van der Waals surface area contributed by atoms with Crippen LogP contribution in [0.5, 0.6) is 0 Å². The van der Waals surface area contributed by atoms with Gasteiger partial charge in [0.15, 0.2) is 0 Å². The standard InChI is InChI=1S/3ClH.K.Li.Na/h3*1H;;;/q;;;3*+1/p-3. The number of hydrogen-bond acceptors (Lipinski definition) is 0. The Labute approximate surface area is 129 Å². The Hall–Kier alpha value is 4.10. The van der Waals surface area contributed by atoms with Crippen molar-refractivity contribution in [3.8, 4) is 0 Å². The number of hydrogen-bond donors (Lipinski definition) is 0. The molecule has 0 aliphatic heterocycles. The Kier molecular flexibility index (Phi) is 190. The molecule has 0 amide bonds. The van der Waals surface area contributed by atoms with E-state index >= 15 is 0 Å². The molecule has 0 saturated carbocycles. The SMILES string of the molecule is [Cl-].[Cl-].[K+].[Li][Cl].[Na+]. The molecular weight excluding hydrogens is 175 g/mol. The van der Waals surface area contributed by atoms with E-state index in [1.54, 1.807) is 0 Å². The molecule has 0 fully saturated rings. The second kappa shape index (κ2) is 35.5. The first kappa shape index (κ1) is 32.1. The van der Waals surface area contributed by atoms with Gasteiger partial charge in [-0.25, -0.2) is 0 Å². The van der Waals surface area contributed by atoms with Crippen molar-refractivity contribution in [3.05, 3.63) is 0 Å². The van der Waals surface area contributed by atoms with E-state index in [4.69, 9.17) is 0 Å². The third kappa shape index (κ3) is 24.3. The molecule has 0 heterocycles. The summed E-state index contributed by atoms with van der Waals surface area (Å²) >= 11 is 1.47. The fourth-order valence-electron chi connectivity index (χ4n) is 0. The minimum atomic E-state index is 0. The largest absolute Gasteiger partial charge is 1.00 e. The van der Waals surface area contributed by atoms with Crippen LogP contribution in [0.1, 0.15) is 0 Å². The van der Waals surface area contributed by atoms with Gasteiger partial charge in [-0.15, -0.1) is 0 Å². The van der Waals surface area contributed by atoms with E-state index in [2.05, 4.69) is 9.80 Å². The van der Waals surface area contributed by atoms with E-state index in [1.807, 2.05) is 0 Å². The van der Waals surface area contributed by atoms with Crippen molar-refractivity contribution in [1.82, 2.24) is 0 Å². The van der Waals surface area contributed by atoms with Gasteiger partial charge < -0.3 is 24.8 Å². The first-order chi connectivity index (χ1) is 1.00. The van der Waals surface area contributed by atoms with Crippen molar-refractivity contribution >= 4 is 26.5 Å². The average Bonchev–Trinajstić information content (AvgIpc) is 1.00. The third-order valence-corrected chi connectivity index (χ3v) is 0. The summed E-state index contributed by atoms with van der Waals surface area (Å²) in [5.41, 5.74) is 0. The van der Waals surface area contributed by atoms with Crippen LogP contribution in [-0.4, -0.2) is 16.7 Å². The molecule has 0 nitrogen and oxygen atoms in total. The van der Waals surface area contributed by atoms with Crippen LogP contribution in [0, 0.1) is 0 Å². The minimum absolute atomic E-state index is 0. The van der Waals surface area contributed by atoms with Gasteiger partial charge in [0.2, 0.25) is 0 Å². The summed E-state index contributed by atoms with van der Waals surface area (Å²) in [5.74, 6) is 0. The molecule has 0 aromatic carbocycles. The third-order valence-electron chi connectivity index (χ3n) is 0. The zero-order chi connectivity index (χ0) is 2.00. The maximum atomic E-state index is 4.64. The Morgan fingerprint density at radius 3 is 1.00 bits per heavy atom. The Morgan fingerprint density at radius 2 is 1.00 bits per heavy atom. The molecule has 0 unspecified atom stereocenters. The van der Waals surface area contributed by atoms with E-state index in [0.29, 0.717) is 0 Å². The molecule has 6 heteroatoms. The van der Waals surface area contributed by atoms with Crippen LogP contribution in [-0.2, 0) is 0 Å². The van der Waals surface area contributed by atoms with Gasteiger partial charge in [0, 0.05) is 0 Å². The average molecular weight is 175 g/mol. The molecule has 0 rings (SSSR count). The Morgan fingerprint density at radius 1 is 1.00 bits per heavy atom. The van der Waals surface area contributed by atoms with Crippen LogP contribution in [0.25, 0.3) is 0 Å². The van der Waals surface area contributed by atoms with E-state index in [9.17, 15) is 0 Å². The predicted octanol–water partition coefficient (Wildman–Crippen LogP) is -11.7. The van der Waals surface area contributed by atoms with Crippen molar-refractivity contribution in [1.29, 1.82) is 0 Å². The zero-order valence-electron chi connectivity index (χ0n) is 4.13. The van der Waals surface area contributed by atoms with Gasteiger partial charge in [-0.1, -0.05) is 0 Å². The summed E-state index contributed by atoms with van der Waals surface area (Å²) in [7, 11) is 4.64. The molecule has 0 aliphatic carbocycles. The number of halogens is 3. The van der Waals surface area contributed by atoms with Gasteiger partial charge in [-0.05, 0) is 0 Å². The summed E-state index contributed by atoms with van der Waals surface area (Å²) < 4.78 is 0. The minimum Gasteiger partial charge on any atom is 1.00 e. The van der Waals surface area contributed by atoms with E-state index < -0.39 is 0 Å². The van der Waals surface area contributed by atoms with Gasteiger partial charge >= 0.3 is 107 Å². The van der Waals surface area contributed by atoms with Crippen molar-refractivity contribution < 1.29 is 106 Å². The van der Waals surface area contributed by atoms with Crippen LogP contribution >= 0.6 is 9.80 Å². The van der Waals surface area contributed by atoms with E-state index in [-0.39, 0.29) is 106 Å². The second-order valence-electron chi connectivity index (χ2n) is 0. The van der Waals surface area contributed by atoms with Gasteiger partial charge in [0.25, 0.3) is 0 Å². The van der Waals surface area contributed by atoms with Gasteiger partial charge in [-0.2, -0.15) is 0 Å². The molecule has 0 N–H and O–H groups in total. The van der Waals surface area contributed by atoms with Crippen LogP contribution in [0.2, 0.25) is 0 Å². The normalized spacial score (nSPS) is 1.17. The fraction of sp³-hybridized carbons (Fsp3) is 0. The molecule has 0 atom stereocenters. The molecule has 0 aliphatic rings. The maximum absolute atomic E-state index is 4.64. The monoisotopic (exact) mass is 174 g/mol. The van der Waals surface area contributed by atoms with Crippen LogP contribution < -0.4 is 106 Å². The summed E-state index contributed by atoms with van der Waals surface area (Å²) in [6, 6.07) is 0. The molecule has 0 aromatic rings. The number of rotatable bonds is 0. The first-order valence-electron chi connectivity index (χ1n) is 0.378. The van der Waals surface area contributed by atoms with Crippen LogP contribution in [0.3, 0.4) is 0 Å². The summed E-state index contributed by atoms with van der Waals surface area (Å²) in [5, 5.41) is 0.